The monoisotopic (exact) mass is 260 g/mol. The Hall–Kier alpha value is -0.860. The molecule has 2 heteroatoms. The summed E-state index contributed by atoms with van der Waals surface area (Å²) in [4.78, 5) is 2.66. The van der Waals surface area contributed by atoms with Crippen LogP contribution >= 0.6 is 0 Å². The Labute approximate surface area is 118 Å². The van der Waals surface area contributed by atoms with Gasteiger partial charge in [-0.05, 0) is 51.8 Å². The summed E-state index contributed by atoms with van der Waals surface area (Å²) in [6, 6.07) is 11.3. The van der Waals surface area contributed by atoms with Crippen LogP contribution in [0.25, 0.3) is 0 Å². The van der Waals surface area contributed by atoms with Crippen LogP contribution in [0.15, 0.2) is 30.3 Å². The van der Waals surface area contributed by atoms with Crippen molar-refractivity contribution in [3.8, 4) is 0 Å². The zero-order valence-corrected chi connectivity index (χ0v) is 12.8. The van der Waals surface area contributed by atoms with E-state index >= 15 is 0 Å². The Morgan fingerprint density at radius 3 is 2.47 bits per heavy atom. The van der Waals surface area contributed by atoms with Crippen molar-refractivity contribution in [2.45, 2.75) is 45.2 Å². The van der Waals surface area contributed by atoms with Crippen molar-refractivity contribution in [3.63, 3.8) is 0 Å². The molecular formula is C17H28N2. The molecule has 1 aromatic rings. The number of hydrogen-bond donors (Lipinski definition) is 1. The predicted molar refractivity (Wildman–Crippen MR) is 82.3 cm³/mol. The van der Waals surface area contributed by atoms with Crippen LogP contribution in [-0.4, -0.2) is 30.6 Å². The molecule has 0 saturated carbocycles. The third-order valence-corrected chi connectivity index (χ3v) is 4.62. The molecule has 0 aliphatic carbocycles. The Balaban J connectivity index is 2.03. The zero-order chi connectivity index (χ0) is 13.9. The fourth-order valence-corrected chi connectivity index (χ4v) is 3.39. The van der Waals surface area contributed by atoms with Gasteiger partial charge < -0.3 is 5.32 Å². The number of nitrogens with zero attached hydrogens (tertiary/aromatic N) is 1. The molecule has 0 amide bonds. The standard InChI is InChI=1S/C17H28N2/c1-14(13-19-12-8-11-17(19,2)3)16(18-4)15-9-6-5-7-10-15/h5-7,9-10,14,16,18H,8,11-13H2,1-4H3/t14-,16+/m0/s1. The SMILES string of the molecule is CN[C@@H](c1ccccc1)[C@@H](C)CN1CCCC1(C)C. The van der Waals surface area contributed by atoms with Gasteiger partial charge in [0.05, 0.1) is 0 Å². The van der Waals surface area contributed by atoms with E-state index in [9.17, 15) is 0 Å². The van der Waals surface area contributed by atoms with E-state index in [1.165, 1.54) is 31.5 Å². The van der Waals surface area contributed by atoms with Gasteiger partial charge in [-0.2, -0.15) is 0 Å². The topological polar surface area (TPSA) is 15.3 Å². The summed E-state index contributed by atoms with van der Waals surface area (Å²) in [5.41, 5.74) is 1.78. The molecule has 2 nitrogen and oxygen atoms in total. The molecule has 1 saturated heterocycles. The second-order valence-electron chi connectivity index (χ2n) is 6.52. The van der Waals surface area contributed by atoms with Crippen molar-refractivity contribution >= 4 is 0 Å². The average Bonchev–Trinajstić information content (AvgIpc) is 2.71. The highest BCUT2D eigenvalue weighted by molar-refractivity contribution is 5.19. The van der Waals surface area contributed by atoms with Crippen molar-refractivity contribution < 1.29 is 0 Å². The highest BCUT2D eigenvalue weighted by Gasteiger charge is 2.33. The summed E-state index contributed by atoms with van der Waals surface area (Å²) in [6.07, 6.45) is 2.67. The lowest BCUT2D eigenvalue weighted by Gasteiger charge is -2.36. The molecule has 2 atom stereocenters. The van der Waals surface area contributed by atoms with Gasteiger partial charge in [-0.15, -0.1) is 0 Å². The molecule has 1 aliphatic rings. The number of hydrogen-bond acceptors (Lipinski definition) is 2. The average molecular weight is 260 g/mol. The van der Waals surface area contributed by atoms with Crippen molar-refractivity contribution in [2.75, 3.05) is 20.1 Å². The summed E-state index contributed by atoms with van der Waals surface area (Å²) in [5, 5.41) is 3.49. The largest absolute Gasteiger partial charge is 0.313 e. The maximum Gasteiger partial charge on any atom is 0.0355 e. The molecule has 1 heterocycles. The molecule has 0 aromatic heterocycles. The molecular weight excluding hydrogens is 232 g/mol. The quantitative estimate of drug-likeness (QED) is 0.872. The molecule has 0 spiro atoms. The molecule has 106 valence electrons. The normalized spacial score (nSPS) is 22.3. The summed E-state index contributed by atoms with van der Waals surface area (Å²) in [6.45, 7) is 9.55. The molecule has 1 aromatic carbocycles. The number of rotatable bonds is 5. The fraction of sp³-hybridized carbons (Fsp3) is 0.647. The smallest absolute Gasteiger partial charge is 0.0355 e. The second kappa shape index (κ2) is 6.06. The van der Waals surface area contributed by atoms with Gasteiger partial charge in [-0.3, -0.25) is 4.90 Å². The minimum atomic E-state index is 0.378. The number of benzene rings is 1. The van der Waals surface area contributed by atoms with Crippen molar-refractivity contribution in [1.82, 2.24) is 10.2 Å². The Morgan fingerprint density at radius 2 is 1.95 bits per heavy atom. The van der Waals surface area contributed by atoms with E-state index in [1.54, 1.807) is 0 Å². The van der Waals surface area contributed by atoms with Crippen LogP contribution in [0.2, 0.25) is 0 Å². The van der Waals surface area contributed by atoms with Gasteiger partial charge in [0.25, 0.3) is 0 Å². The van der Waals surface area contributed by atoms with Crippen LogP contribution in [0.4, 0.5) is 0 Å². The lowest BCUT2D eigenvalue weighted by molar-refractivity contribution is 0.139. The highest BCUT2D eigenvalue weighted by Crippen LogP contribution is 2.31. The van der Waals surface area contributed by atoms with E-state index in [-0.39, 0.29) is 0 Å². The van der Waals surface area contributed by atoms with Gasteiger partial charge in [0.15, 0.2) is 0 Å². The van der Waals surface area contributed by atoms with E-state index < -0.39 is 0 Å². The van der Waals surface area contributed by atoms with Gasteiger partial charge in [0.2, 0.25) is 0 Å². The van der Waals surface area contributed by atoms with Crippen LogP contribution in [0, 0.1) is 5.92 Å². The molecule has 2 rings (SSSR count). The molecule has 1 fully saturated rings. The van der Waals surface area contributed by atoms with Gasteiger partial charge in [-0.1, -0.05) is 37.3 Å². The minimum absolute atomic E-state index is 0.378. The summed E-state index contributed by atoms with van der Waals surface area (Å²) < 4.78 is 0. The van der Waals surface area contributed by atoms with E-state index in [0.29, 0.717) is 17.5 Å². The first kappa shape index (κ1) is 14.5. The molecule has 0 unspecified atom stereocenters. The zero-order valence-electron chi connectivity index (χ0n) is 12.8. The highest BCUT2D eigenvalue weighted by atomic mass is 15.2. The summed E-state index contributed by atoms with van der Waals surface area (Å²) in [5.74, 6) is 0.616. The van der Waals surface area contributed by atoms with Crippen molar-refractivity contribution in [3.05, 3.63) is 35.9 Å². The van der Waals surface area contributed by atoms with Gasteiger partial charge in [-0.25, -0.2) is 0 Å². The van der Waals surface area contributed by atoms with E-state index in [4.69, 9.17) is 0 Å². The molecule has 1 N–H and O–H groups in total. The molecule has 0 bridgehead atoms. The lowest BCUT2D eigenvalue weighted by Crippen LogP contribution is -2.43. The molecule has 0 radical (unpaired) electrons. The van der Waals surface area contributed by atoms with E-state index in [1.807, 2.05) is 0 Å². The van der Waals surface area contributed by atoms with Gasteiger partial charge >= 0.3 is 0 Å². The summed E-state index contributed by atoms with van der Waals surface area (Å²) in [7, 11) is 2.07. The van der Waals surface area contributed by atoms with Crippen LogP contribution in [0.5, 0.6) is 0 Å². The van der Waals surface area contributed by atoms with Crippen molar-refractivity contribution in [2.24, 2.45) is 5.92 Å². The van der Waals surface area contributed by atoms with Gasteiger partial charge in [0, 0.05) is 18.1 Å². The number of nitrogens with one attached hydrogen (secondary N) is 1. The second-order valence-corrected chi connectivity index (χ2v) is 6.52. The fourth-order valence-electron chi connectivity index (χ4n) is 3.39. The number of likely N-dealkylation sites (tertiary alicyclic amines) is 1. The van der Waals surface area contributed by atoms with Crippen molar-refractivity contribution in [1.29, 1.82) is 0 Å². The van der Waals surface area contributed by atoms with E-state index in [0.717, 1.165) is 0 Å². The van der Waals surface area contributed by atoms with Crippen LogP contribution in [-0.2, 0) is 0 Å². The molecule has 19 heavy (non-hydrogen) atoms. The van der Waals surface area contributed by atoms with Crippen LogP contribution in [0.1, 0.15) is 45.2 Å². The van der Waals surface area contributed by atoms with Crippen LogP contribution in [0.3, 0.4) is 0 Å². The van der Waals surface area contributed by atoms with Crippen LogP contribution < -0.4 is 5.32 Å². The maximum absolute atomic E-state index is 3.49. The maximum atomic E-state index is 3.49. The Morgan fingerprint density at radius 1 is 1.26 bits per heavy atom. The summed E-state index contributed by atoms with van der Waals surface area (Å²) >= 11 is 0. The Kier molecular flexibility index (Phi) is 4.64. The van der Waals surface area contributed by atoms with Gasteiger partial charge in [0.1, 0.15) is 0 Å². The first-order valence-corrected chi connectivity index (χ1v) is 7.52. The van der Waals surface area contributed by atoms with E-state index in [2.05, 4.69) is 68.4 Å². The first-order valence-electron chi connectivity index (χ1n) is 7.52. The predicted octanol–water partition coefficient (Wildman–Crippen LogP) is 3.46. The third kappa shape index (κ3) is 3.37. The minimum Gasteiger partial charge on any atom is -0.313 e. The molecule has 1 aliphatic heterocycles. The first-order chi connectivity index (χ1) is 9.04. The lowest BCUT2D eigenvalue weighted by atomic mass is 9.92. The third-order valence-electron chi connectivity index (χ3n) is 4.62. The Bertz CT molecular complexity index is 386.